The first-order valence-electron chi connectivity index (χ1n) is 6.02. The first kappa shape index (κ1) is 10.9. The Morgan fingerprint density at radius 3 is 3.00 bits per heavy atom. The van der Waals surface area contributed by atoms with E-state index in [4.69, 9.17) is 9.47 Å². The highest BCUT2D eigenvalue weighted by molar-refractivity contribution is 5.73. The van der Waals surface area contributed by atoms with Crippen LogP contribution in [0.1, 0.15) is 33.1 Å². The lowest BCUT2D eigenvalue weighted by Gasteiger charge is -2.32. The maximum Gasteiger partial charge on any atom is 0.309 e. The third-order valence-corrected chi connectivity index (χ3v) is 3.72. The molecular weight excluding hydrogens is 192 g/mol. The fraction of sp³-hybridized carbons (Fsp3) is 0.917. The van der Waals surface area contributed by atoms with Crippen LogP contribution < -0.4 is 0 Å². The van der Waals surface area contributed by atoms with E-state index in [1.165, 1.54) is 0 Å². The molecule has 1 saturated carbocycles. The molecule has 0 spiro atoms. The summed E-state index contributed by atoms with van der Waals surface area (Å²) in [6.45, 7) is 5.35. The molecule has 3 heteroatoms. The van der Waals surface area contributed by atoms with Gasteiger partial charge in [0.1, 0.15) is 0 Å². The third-order valence-electron chi connectivity index (χ3n) is 3.72. The minimum atomic E-state index is -0.00968. The van der Waals surface area contributed by atoms with Gasteiger partial charge in [0.2, 0.25) is 0 Å². The molecule has 4 atom stereocenters. The van der Waals surface area contributed by atoms with E-state index in [-0.39, 0.29) is 11.9 Å². The second-order valence-electron chi connectivity index (χ2n) is 4.72. The Morgan fingerprint density at radius 1 is 1.47 bits per heavy atom. The Bertz CT molecular complexity index is 237. The van der Waals surface area contributed by atoms with Crippen LogP contribution in [0.15, 0.2) is 0 Å². The first-order valence-corrected chi connectivity index (χ1v) is 6.02. The first-order chi connectivity index (χ1) is 7.24. The van der Waals surface area contributed by atoms with Crippen LogP contribution in [-0.4, -0.2) is 25.3 Å². The normalized spacial score (nSPS) is 39.9. The fourth-order valence-electron chi connectivity index (χ4n) is 3.05. The standard InChI is InChI=1S/C12H20O3/c1-3-14-12(13)9-5-4-6-10-11(9)8(2)7-15-10/h8-11H,3-7H2,1-2H3/t8-,9+,10-,11-/m1/s1. The van der Waals surface area contributed by atoms with Crippen molar-refractivity contribution in [1.29, 1.82) is 0 Å². The van der Waals surface area contributed by atoms with Crippen molar-refractivity contribution >= 4 is 5.97 Å². The number of hydrogen-bond donors (Lipinski definition) is 0. The number of fused-ring (bicyclic) bond motifs is 1. The number of hydrogen-bond acceptors (Lipinski definition) is 3. The number of rotatable bonds is 2. The van der Waals surface area contributed by atoms with Crippen LogP contribution in [0.25, 0.3) is 0 Å². The molecule has 0 aromatic heterocycles. The van der Waals surface area contributed by atoms with E-state index in [9.17, 15) is 4.79 Å². The van der Waals surface area contributed by atoms with Crippen molar-refractivity contribution in [2.45, 2.75) is 39.2 Å². The number of carbonyl (C=O) groups excluding carboxylic acids is 1. The largest absolute Gasteiger partial charge is 0.466 e. The summed E-state index contributed by atoms with van der Waals surface area (Å²) < 4.78 is 10.9. The van der Waals surface area contributed by atoms with Crippen molar-refractivity contribution in [3.05, 3.63) is 0 Å². The molecular formula is C12H20O3. The second-order valence-corrected chi connectivity index (χ2v) is 4.72. The quantitative estimate of drug-likeness (QED) is 0.657. The predicted molar refractivity (Wildman–Crippen MR) is 56.4 cm³/mol. The summed E-state index contributed by atoms with van der Waals surface area (Å²) in [5, 5.41) is 0. The Kier molecular flexibility index (Phi) is 3.29. The lowest BCUT2D eigenvalue weighted by atomic mass is 9.73. The second kappa shape index (κ2) is 4.52. The summed E-state index contributed by atoms with van der Waals surface area (Å²) in [6, 6.07) is 0. The number of ether oxygens (including phenoxy) is 2. The van der Waals surface area contributed by atoms with E-state index < -0.39 is 0 Å². The van der Waals surface area contributed by atoms with Gasteiger partial charge >= 0.3 is 5.97 Å². The van der Waals surface area contributed by atoms with Gasteiger partial charge in [-0.25, -0.2) is 0 Å². The Labute approximate surface area is 91.1 Å². The summed E-state index contributed by atoms with van der Waals surface area (Å²) in [5.74, 6) is 0.980. The van der Waals surface area contributed by atoms with E-state index in [1.807, 2.05) is 6.92 Å². The molecule has 1 heterocycles. The maximum absolute atomic E-state index is 11.8. The van der Waals surface area contributed by atoms with Gasteiger partial charge in [-0.15, -0.1) is 0 Å². The molecule has 86 valence electrons. The molecule has 2 rings (SSSR count). The predicted octanol–water partition coefficient (Wildman–Crippen LogP) is 2.00. The highest BCUT2D eigenvalue weighted by Gasteiger charge is 2.45. The van der Waals surface area contributed by atoms with Crippen LogP contribution in [0.2, 0.25) is 0 Å². The van der Waals surface area contributed by atoms with Gasteiger partial charge in [0.05, 0.1) is 18.6 Å². The maximum atomic E-state index is 11.8. The van der Waals surface area contributed by atoms with Gasteiger partial charge in [-0.2, -0.15) is 0 Å². The zero-order valence-corrected chi connectivity index (χ0v) is 9.57. The molecule has 0 bridgehead atoms. The van der Waals surface area contributed by atoms with Crippen LogP contribution in [0.5, 0.6) is 0 Å². The minimum Gasteiger partial charge on any atom is -0.466 e. The summed E-state index contributed by atoms with van der Waals surface area (Å²) in [7, 11) is 0. The van der Waals surface area contributed by atoms with Gasteiger partial charge in [0, 0.05) is 12.5 Å². The van der Waals surface area contributed by atoms with Crippen molar-refractivity contribution in [1.82, 2.24) is 0 Å². The van der Waals surface area contributed by atoms with Gasteiger partial charge in [-0.3, -0.25) is 4.79 Å². The SMILES string of the molecule is CCOC(=O)[C@H]1CCC[C@H]2OC[C@@H](C)[C@H]12. The van der Waals surface area contributed by atoms with Crippen molar-refractivity contribution in [3.8, 4) is 0 Å². The van der Waals surface area contributed by atoms with Gasteiger partial charge < -0.3 is 9.47 Å². The minimum absolute atomic E-state index is 0.00968. The lowest BCUT2D eigenvalue weighted by Crippen LogP contribution is -2.37. The summed E-state index contributed by atoms with van der Waals surface area (Å²) >= 11 is 0. The van der Waals surface area contributed by atoms with Crippen LogP contribution in [-0.2, 0) is 14.3 Å². The summed E-state index contributed by atoms with van der Waals surface area (Å²) in [4.78, 5) is 11.8. The topological polar surface area (TPSA) is 35.5 Å². The third kappa shape index (κ3) is 2.03. The number of carbonyl (C=O) groups is 1. The Balaban J connectivity index is 2.06. The molecule has 0 aromatic carbocycles. The molecule has 0 unspecified atom stereocenters. The Hall–Kier alpha value is -0.570. The van der Waals surface area contributed by atoms with Gasteiger partial charge in [-0.1, -0.05) is 6.92 Å². The van der Waals surface area contributed by atoms with E-state index >= 15 is 0 Å². The molecule has 3 nitrogen and oxygen atoms in total. The molecule has 1 saturated heterocycles. The molecule has 15 heavy (non-hydrogen) atoms. The zero-order valence-electron chi connectivity index (χ0n) is 9.57. The summed E-state index contributed by atoms with van der Waals surface area (Å²) in [5.41, 5.74) is 0. The fourth-order valence-corrected chi connectivity index (χ4v) is 3.05. The van der Waals surface area contributed by atoms with E-state index in [2.05, 4.69) is 6.92 Å². The van der Waals surface area contributed by atoms with Crippen LogP contribution >= 0.6 is 0 Å². The van der Waals surface area contributed by atoms with Gasteiger partial charge in [0.15, 0.2) is 0 Å². The van der Waals surface area contributed by atoms with Crippen molar-refractivity contribution in [2.75, 3.05) is 13.2 Å². The molecule has 1 aliphatic carbocycles. The van der Waals surface area contributed by atoms with Crippen molar-refractivity contribution < 1.29 is 14.3 Å². The highest BCUT2D eigenvalue weighted by atomic mass is 16.5. The molecule has 0 aromatic rings. The average Bonchev–Trinajstić information content (AvgIpc) is 2.61. The highest BCUT2D eigenvalue weighted by Crippen LogP contribution is 2.42. The molecule has 0 radical (unpaired) electrons. The zero-order chi connectivity index (χ0) is 10.8. The van der Waals surface area contributed by atoms with Crippen LogP contribution in [0.3, 0.4) is 0 Å². The van der Waals surface area contributed by atoms with Gasteiger partial charge in [0.25, 0.3) is 0 Å². The van der Waals surface area contributed by atoms with E-state index in [0.29, 0.717) is 24.5 Å². The molecule has 0 N–H and O–H groups in total. The smallest absolute Gasteiger partial charge is 0.309 e. The average molecular weight is 212 g/mol. The molecule has 0 amide bonds. The van der Waals surface area contributed by atoms with Crippen molar-refractivity contribution in [2.24, 2.45) is 17.8 Å². The monoisotopic (exact) mass is 212 g/mol. The molecule has 2 aliphatic rings. The molecule has 1 aliphatic heterocycles. The number of esters is 1. The van der Waals surface area contributed by atoms with Crippen LogP contribution in [0, 0.1) is 17.8 Å². The van der Waals surface area contributed by atoms with Gasteiger partial charge in [-0.05, 0) is 32.1 Å². The Morgan fingerprint density at radius 2 is 2.27 bits per heavy atom. The summed E-state index contributed by atoms with van der Waals surface area (Å²) in [6.07, 6.45) is 3.50. The molecule has 2 fully saturated rings. The lowest BCUT2D eigenvalue weighted by molar-refractivity contribution is -0.153. The van der Waals surface area contributed by atoms with Crippen LogP contribution in [0.4, 0.5) is 0 Å². The van der Waals surface area contributed by atoms with Crippen molar-refractivity contribution in [3.63, 3.8) is 0 Å². The van der Waals surface area contributed by atoms with E-state index in [1.54, 1.807) is 0 Å². The van der Waals surface area contributed by atoms with E-state index in [0.717, 1.165) is 25.9 Å².